The molecule has 0 spiro atoms. The number of piperidine rings is 1. The topological polar surface area (TPSA) is 54.5 Å². The van der Waals surface area contributed by atoms with Gasteiger partial charge >= 0.3 is 0 Å². The third-order valence-electron chi connectivity index (χ3n) is 5.71. The first-order chi connectivity index (χ1) is 15.1. The Morgan fingerprint density at radius 1 is 1.26 bits per heavy atom. The molecule has 1 N–H and O–H groups in total. The molecule has 1 aliphatic rings. The molecule has 0 aliphatic carbocycles. The van der Waals surface area contributed by atoms with Crippen molar-refractivity contribution in [2.24, 2.45) is 0 Å². The number of para-hydroxylation sites is 1. The first kappa shape index (κ1) is 21.7. The number of aryl methyl sites for hydroxylation is 1. The Labute approximate surface area is 186 Å². The molecule has 3 aromatic rings. The number of fused-ring (bicyclic) bond motifs is 1. The molecule has 1 amide bonds. The van der Waals surface area contributed by atoms with Crippen LogP contribution in [0.5, 0.6) is 5.75 Å². The number of aromatic nitrogens is 1. The Morgan fingerprint density at radius 2 is 2.06 bits per heavy atom. The zero-order chi connectivity index (χ0) is 21.6. The van der Waals surface area contributed by atoms with Crippen LogP contribution in [0, 0.1) is 5.82 Å². The zero-order valence-corrected chi connectivity index (χ0v) is 18.6. The highest BCUT2D eigenvalue weighted by atomic mass is 32.1. The highest BCUT2D eigenvalue weighted by molar-refractivity contribution is 7.18. The summed E-state index contributed by atoms with van der Waals surface area (Å²) in [6.45, 7) is 2.50. The fourth-order valence-electron chi connectivity index (χ4n) is 4.03. The molecule has 164 valence electrons. The molecule has 1 saturated heterocycles. The predicted octanol–water partition coefficient (Wildman–Crippen LogP) is 4.55. The minimum Gasteiger partial charge on any atom is -0.494 e. The normalized spacial score (nSPS) is 15.3. The van der Waals surface area contributed by atoms with E-state index in [1.54, 1.807) is 17.4 Å². The van der Waals surface area contributed by atoms with E-state index in [-0.39, 0.29) is 23.5 Å². The fourth-order valence-corrected chi connectivity index (χ4v) is 5.04. The summed E-state index contributed by atoms with van der Waals surface area (Å²) in [5.74, 6) is 0.0677. The molecular weight excluding hydrogens is 413 g/mol. The van der Waals surface area contributed by atoms with Crippen molar-refractivity contribution in [2.45, 2.75) is 44.7 Å². The minimum absolute atomic E-state index is 0.122. The molecule has 0 bridgehead atoms. The van der Waals surface area contributed by atoms with Crippen LogP contribution < -0.4 is 10.1 Å². The van der Waals surface area contributed by atoms with E-state index in [4.69, 9.17) is 4.74 Å². The molecule has 0 unspecified atom stereocenters. The summed E-state index contributed by atoms with van der Waals surface area (Å²) in [4.78, 5) is 19.3. The maximum Gasteiger partial charge on any atom is 0.220 e. The van der Waals surface area contributed by atoms with Gasteiger partial charge in [-0.25, -0.2) is 9.37 Å². The molecular formula is C24H28FN3O2S. The van der Waals surface area contributed by atoms with Gasteiger partial charge in [0.1, 0.15) is 0 Å². The second kappa shape index (κ2) is 10.2. The molecule has 7 heteroatoms. The molecule has 0 atom stereocenters. The Morgan fingerprint density at radius 3 is 2.81 bits per heavy atom. The number of likely N-dealkylation sites (tertiary alicyclic amines) is 1. The van der Waals surface area contributed by atoms with Crippen molar-refractivity contribution in [3.05, 3.63) is 58.9 Å². The van der Waals surface area contributed by atoms with Crippen LogP contribution in [0.15, 0.2) is 42.5 Å². The van der Waals surface area contributed by atoms with Crippen LogP contribution in [0.2, 0.25) is 0 Å². The van der Waals surface area contributed by atoms with Crippen LogP contribution in [0.4, 0.5) is 4.39 Å². The van der Waals surface area contributed by atoms with E-state index < -0.39 is 0 Å². The Bertz CT molecular complexity index is 998. The van der Waals surface area contributed by atoms with Gasteiger partial charge in [0.25, 0.3) is 0 Å². The summed E-state index contributed by atoms with van der Waals surface area (Å²) in [7, 11) is 1.47. The van der Waals surface area contributed by atoms with Crippen molar-refractivity contribution in [2.75, 3.05) is 20.2 Å². The number of rotatable bonds is 8. The van der Waals surface area contributed by atoms with Crippen LogP contribution >= 0.6 is 11.3 Å². The standard InChI is InChI=1S/C24H28FN3O2S/c1-30-21-10-9-17(15-19(21)25)16-28-13-11-18(12-14-28)26-23(29)7-4-8-24-27-20-5-2-3-6-22(20)31-24/h2-3,5-6,9-10,15,18H,4,7-8,11-14,16H2,1H3,(H,26,29). The number of ether oxygens (including phenoxy) is 1. The molecule has 1 aromatic heterocycles. The van der Waals surface area contributed by atoms with Crippen molar-refractivity contribution < 1.29 is 13.9 Å². The van der Waals surface area contributed by atoms with E-state index in [0.717, 1.165) is 54.9 Å². The van der Waals surface area contributed by atoms with Crippen LogP contribution in [0.1, 0.15) is 36.3 Å². The largest absolute Gasteiger partial charge is 0.494 e. The smallest absolute Gasteiger partial charge is 0.220 e. The SMILES string of the molecule is COc1ccc(CN2CCC(NC(=O)CCCc3nc4ccccc4s3)CC2)cc1F. The van der Waals surface area contributed by atoms with Gasteiger partial charge in [-0.2, -0.15) is 0 Å². The number of hydrogen-bond donors (Lipinski definition) is 1. The number of amides is 1. The first-order valence-corrected chi connectivity index (χ1v) is 11.6. The number of nitrogens with zero attached hydrogens (tertiary/aromatic N) is 2. The average Bonchev–Trinajstić information content (AvgIpc) is 3.18. The Balaban J connectivity index is 1.16. The lowest BCUT2D eigenvalue weighted by Crippen LogP contribution is -2.44. The number of nitrogens with one attached hydrogen (secondary N) is 1. The van der Waals surface area contributed by atoms with Crippen molar-refractivity contribution in [3.63, 3.8) is 0 Å². The van der Waals surface area contributed by atoms with Crippen molar-refractivity contribution in [3.8, 4) is 5.75 Å². The summed E-state index contributed by atoms with van der Waals surface area (Å²) in [5.41, 5.74) is 1.98. The third kappa shape index (κ3) is 5.80. The van der Waals surface area contributed by atoms with Gasteiger partial charge in [-0.1, -0.05) is 18.2 Å². The van der Waals surface area contributed by atoms with E-state index in [1.807, 2.05) is 24.3 Å². The lowest BCUT2D eigenvalue weighted by molar-refractivity contribution is -0.122. The molecule has 5 nitrogen and oxygen atoms in total. The van der Waals surface area contributed by atoms with E-state index in [2.05, 4.69) is 21.3 Å². The number of halogens is 1. The summed E-state index contributed by atoms with van der Waals surface area (Å²) in [5, 5.41) is 4.28. The van der Waals surface area contributed by atoms with Gasteiger partial charge < -0.3 is 10.1 Å². The van der Waals surface area contributed by atoms with Crippen molar-refractivity contribution in [1.29, 1.82) is 0 Å². The van der Waals surface area contributed by atoms with Crippen molar-refractivity contribution >= 4 is 27.5 Å². The molecule has 0 radical (unpaired) electrons. The lowest BCUT2D eigenvalue weighted by Gasteiger charge is -2.32. The second-order valence-corrected chi connectivity index (χ2v) is 9.13. The highest BCUT2D eigenvalue weighted by Crippen LogP contribution is 2.23. The number of benzene rings is 2. The van der Waals surface area contributed by atoms with Crippen molar-refractivity contribution in [1.82, 2.24) is 15.2 Å². The molecule has 2 heterocycles. The number of hydrogen-bond acceptors (Lipinski definition) is 5. The zero-order valence-electron chi connectivity index (χ0n) is 17.8. The average molecular weight is 442 g/mol. The molecule has 1 fully saturated rings. The monoisotopic (exact) mass is 441 g/mol. The van der Waals surface area contributed by atoms with Gasteiger partial charge in [0.2, 0.25) is 5.91 Å². The molecule has 0 saturated carbocycles. The number of methoxy groups -OCH3 is 1. The van der Waals surface area contributed by atoms with Gasteiger partial charge in [0, 0.05) is 32.1 Å². The van der Waals surface area contributed by atoms with Gasteiger partial charge in [-0.05, 0) is 55.5 Å². The molecule has 4 rings (SSSR count). The maximum atomic E-state index is 13.9. The van der Waals surface area contributed by atoms with Gasteiger partial charge in [0.05, 0.1) is 22.3 Å². The quantitative estimate of drug-likeness (QED) is 0.557. The van der Waals surface area contributed by atoms with Crippen LogP contribution in [-0.2, 0) is 17.8 Å². The van der Waals surface area contributed by atoms with Gasteiger partial charge in [0.15, 0.2) is 11.6 Å². The lowest BCUT2D eigenvalue weighted by atomic mass is 10.0. The highest BCUT2D eigenvalue weighted by Gasteiger charge is 2.21. The summed E-state index contributed by atoms with van der Waals surface area (Å²) in [6, 6.07) is 13.5. The van der Waals surface area contributed by atoms with Crippen LogP contribution in [-0.4, -0.2) is 42.0 Å². The number of carbonyl (C=O) groups excluding carboxylic acids is 1. The Hall–Kier alpha value is -2.51. The maximum absolute atomic E-state index is 13.9. The summed E-state index contributed by atoms with van der Waals surface area (Å²) >= 11 is 1.71. The number of thiazole rings is 1. The van der Waals surface area contributed by atoms with E-state index in [0.29, 0.717) is 13.0 Å². The van der Waals surface area contributed by atoms with Crippen LogP contribution in [0.25, 0.3) is 10.2 Å². The van der Waals surface area contributed by atoms with Gasteiger partial charge in [-0.15, -0.1) is 11.3 Å². The number of carbonyl (C=O) groups is 1. The molecule has 31 heavy (non-hydrogen) atoms. The molecule has 2 aromatic carbocycles. The Kier molecular flexibility index (Phi) is 7.14. The third-order valence-corrected chi connectivity index (χ3v) is 6.80. The fraction of sp³-hybridized carbons (Fsp3) is 0.417. The second-order valence-electron chi connectivity index (χ2n) is 8.02. The van der Waals surface area contributed by atoms with E-state index in [9.17, 15) is 9.18 Å². The summed E-state index contributed by atoms with van der Waals surface area (Å²) in [6.07, 6.45) is 4.02. The van der Waals surface area contributed by atoms with E-state index >= 15 is 0 Å². The first-order valence-electron chi connectivity index (χ1n) is 10.8. The predicted molar refractivity (Wildman–Crippen MR) is 122 cm³/mol. The summed E-state index contributed by atoms with van der Waals surface area (Å²) < 4.78 is 20.1. The van der Waals surface area contributed by atoms with Gasteiger partial charge in [-0.3, -0.25) is 9.69 Å². The van der Waals surface area contributed by atoms with Crippen LogP contribution in [0.3, 0.4) is 0 Å². The molecule has 1 aliphatic heterocycles. The minimum atomic E-state index is -0.326. The van der Waals surface area contributed by atoms with E-state index in [1.165, 1.54) is 17.9 Å².